The van der Waals surface area contributed by atoms with E-state index in [9.17, 15) is 14.7 Å². The number of primary amides is 1. The van der Waals surface area contributed by atoms with Gasteiger partial charge in [-0.1, -0.05) is 12.2 Å². The van der Waals surface area contributed by atoms with E-state index in [1.807, 2.05) is 0 Å². The largest absolute Gasteiger partial charge is 0.387 e. The highest BCUT2D eigenvalue weighted by atomic mass is 16.3. The monoisotopic (exact) mass is 252 g/mol. The molecule has 0 aromatic rings. The molecule has 0 aromatic heterocycles. The Morgan fingerprint density at radius 1 is 1.33 bits per heavy atom. The van der Waals surface area contributed by atoms with Crippen molar-refractivity contribution < 1.29 is 14.7 Å². The number of carbonyl (C=O) groups is 2. The summed E-state index contributed by atoms with van der Waals surface area (Å²) in [4.78, 5) is 23.0. The van der Waals surface area contributed by atoms with Gasteiger partial charge in [-0.25, -0.2) is 0 Å². The third kappa shape index (κ3) is 2.98. The molecule has 2 amide bonds. The molecule has 100 valence electrons. The van der Waals surface area contributed by atoms with E-state index in [4.69, 9.17) is 5.73 Å². The molecule has 4 N–H and O–H groups in total. The van der Waals surface area contributed by atoms with Crippen LogP contribution in [0.5, 0.6) is 0 Å². The van der Waals surface area contributed by atoms with Crippen molar-refractivity contribution in [1.29, 1.82) is 0 Å². The van der Waals surface area contributed by atoms with Gasteiger partial charge in [-0.3, -0.25) is 9.59 Å². The molecule has 0 bridgehead atoms. The van der Waals surface area contributed by atoms with Gasteiger partial charge in [-0.2, -0.15) is 0 Å². The van der Waals surface area contributed by atoms with Gasteiger partial charge in [0.15, 0.2) is 0 Å². The highest BCUT2D eigenvalue weighted by Gasteiger charge is 2.55. The molecular weight excluding hydrogens is 232 g/mol. The van der Waals surface area contributed by atoms with E-state index in [0.29, 0.717) is 25.7 Å². The minimum Gasteiger partial charge on any atom is -0.387 e. The van der Waals surface area contributed by atoms with E-state index < -0.39 is 22.8 Å². The van der Waals surface area contributed by atoms with Crippen molar-refractivity contribution in [2.75, 3.05) is 6.54 Å². The van der Waals surface area contributed by atoms with Crippen LogP contribution in [-0.2, 0) is 9.59 Å². The van der Waals surface area contributed by atoms with Crippen LogP contribution in [0.2, 0.25) is 0 Å². The first-order valence-electron chi connectivity index (χ1n) is 5.92. The molecule has 1 saturated carbocycles. The number of rotatable bonds is 8. The third-order valence-corrected chi connectivity index (χ3v) is 3.28. The Kier molecular flexibility index (Phi) is 4.29. The first kappa shape index (κ1) is 14.4. The summed E-state index contributed by atoms with van der Waals surface area (Å²) in [6.45, 7) is 7.18. The second-order valence-corrected chi connectivity index (χ2v) is 4.84. The van der Waals surface area contributed by atoms with Gasteiger partial charge in [0.2, 0.25) is 11.8 Å². The van der Waals surface area contributed by atoms with Gasteiger partial charge >= 0.3 is 0 Å². The summed E-state index contributed by atoms with van der Waals surface area (Å²) in [5.41, 5.74) is 3.04. The molecule has 0 aliphatic heterocycles. The zero-order valence-corrected chi connectivity index (χ0v) is 10.4. The van der Waals surface area contributed by atoms with Crippen LogP contribution in [0, 0.1) is 5.41 Å². The van der Waals surface area contributed by atoms with Crippen molar-refractivity contribution in [3.8, 4) is 0 Å². The first-order valence-corrected chi connectivity index (χ1v) is 5.92. The van der Waals surface area contributed by atoms with Crippen LogP contribution in [0.25, 0.3) is 0 Å². The van der Waals surface area contributed by atoms with Gasteiger partial charge in [0.05, 0.1) is 5.60 Å². The third-order valence-electron chi connectivity index (χ3n) is 3.28. The molecule has 0 aromatic carbocycles. The Morgan fingerprint density at radius 2 is 1.83 bits per heavy atom. The van der Waals surface area contributed by atoms with Crippen LogP contribution in [0.3, 0.4) is 0 Å². The lowest BCUT2D eigenvalue weighted by Crippen LogP contribution is -2.47. The molecule has 1 rings (SSSR count). The first-order chi connectivity index (χ1) is 8.40. The molecule has 0 radical (unpaired) electrons. The summed E-state index contributed by atoms with van der Waals surface area (Å²) < 4.78 is 0. The van der Waals surface area contributed by atoms with E-state index in [0.717, 1.165) is 0 Å². The van der Waals surface area contributed by atoms with Crippen molar-refractivity contribution in [1.82, 2.24) is 5.32 Å². The lowest BCUT2D eigenvalue weighted by atomic mass is 9.95. The van der Waals surface area contributed by atoms with Crippen LogP contribution >= 0.6 is 0 Å². The minimum atomic E-state index is -1.10. The van der Waals surface area contributed by atoms with Crippen LogP contribution in [0.1, 0.15) is 25.7 Å². The van der Waals surface area contributed by atoms with Crippen molar-refractivity contribution in [3.63, 3.8) is 0 Å². The average molecular weight is 252 g/mol. The van der Waals surface area contributed by atoms with Gasteiger partial charge < -0.3 is 16.2 Å². The Balaban J connectivity index is 2.57. The highest BCUT2D eigenvalue weighted by molar-refractivity contribution is 6.07. The molecule has 0 spiro atoms. The lowest BCUT2D eigenvalue weighted by molar-refractivity contribution is -0.136. The molecule has 1 fully saturated rings. The van der Waals surface area contributed by atoms with Crippen molar-refractivity contribution in [3.05, 3.63) is 25.3 Å². The summed E-state index contributed by atoms with van der Waals surface area (Å²) in [6.07, 6.45) is 4.80. The highest BCUT2D eigenvalue weighted by Crippen LogP contribution is 2.45. The molecule has 5 nitrogen and oxygen atoms in total. The Morgan fingerprint density at radius 3 is 2.17 bits per heavy atom. The zero-order chi connectivity index (χ0) is 13.8. The fourth-order valence-electron chi connectivity index (χ4n) is 1.89. The van der Waals surface area contributed by atoms with Gasteiger partial charge in [-0.15, -0.1) is 13.2 Å². The van der Waals surface area contributed by atoms with E-state index in [-0.39, 0.29) is 6.54 Å². The lowest BCUT2D eigenvalue weighted by Gasteiger charge is -2.26. The molecule has 0 unspecified atom stereocenters. The number of hydrogen-bond acceptors (Lipinski definition) is 3. The minimum absolute atomic E-state index is 0.0545. The molecule has 1 aliphatic rings. The van der Waals surface area contributed by atoms with Crippen molar-refractivity contribution in [2.45, 2.75) is 31.3 Å². The number of nitrogens with one attached hydrogen (secondary N) is 1. The summed E-state index contributed by atoms with van der Waals surface area (Å²) >= 11 is 0. The molecule has 18 heavy (non-hydrogen) atoms. The average Bonchev–Trinajstić information content (AvgIpc) is 3.08. The Bertz CT molecular complexity index is 362. The smallest absolute Gasteiger partial charge is 0.235 e. The summed E-state index contributed by atoms with van der Waals surface area (Å²) in [5.74, 6) is -1.00. The Labute approximate surface area is 107 Å². The van der Waals surface area contributed by atoms with Crippen molar-refractivity contribution in [2.24, 2.45) is 11.1 Å². The van der Waals surface area contributed by atoms with Crippen molar-refractivity contribution >= 4 is 11.8 Å². The zero-order valence-electron chi connectivity index (χ0n) is 10.4. The topological polar surface area (TPSA) is 92.4 Å². The molecule has 1 aliphatic carbocycles. The normalized spacial score (nSPS) is 16.7. The Hall–Kier alpha value is -1.62. The molecule has 0 atom stereocenters. The number of nitrogens with two attached hydrogens (primary N) is 1. The fourth-order valence-corrected chi connectivity index (χ4v) is 1.89. The van der Waals surface area contributed by atoms with E-state index in [1.54, 1.807) is 12.2 Å². The maximum absolute atomic E-state index is 11.8. The van der Waals surface area contributed by atoms with Gasteiger partial charge in [0, 0.05) is 6.54 Å². The quantitative estimate of drug-likeness (QED) is 0.427. The van der Waals surface area contributed by atoms with E-state index in [2.05, 4.69) is 18.5 Å². The number of carbonyl (C=O) groups excluding carboxylic acids is 2. The van der Waals surface area contributed by atoms with Gasteiger partial charge in [-0.05, 0) is 25.7 Å². The molecule has 0 heterocycles. The maximum atomic E-state index is 11.8. The second kappa shape index (κ2) is 5.35. The summed E-state index contributed by atoms with van der Waals surface area (Å²) in [7, 11) is 0. The number of aliphatic hydroxyl groups is 1. The SMILES string of the molecule is C=CCC(O)(CC=C)CNC(=O)C1(C(N)=O)CC1. The van der Waals surface area contributed by atoms with Gasteiger partial charge in [0.25, 0.3) is 0 Å². The molecule has 5 heteroatoms. The fraction of sp³-hybridized carbons (Fsp3) is 0.538. The predicted molar refractivity (Wildman–Crippen MR) is 68.4 cm³/mol. The molecular formula is C13H20N2O3. The molecule has 0 saturated heterocycles. The summed E-state index contributed by atoms with van der Waals surface area (Å²) in [5, 5.41) is 12.8. The van der Waals surface area contributed by atoms with Crippen LogP contribution in [0.15, 0.2) is 25.3 Å². The summed E-state index contributed by atoms with van der Waals surface area (Å²) in [6, 6.07) is 0. The predicted octanol–water partition coefficient (Wildman–Crippen LogP) is 0.251. The van der Waals surface area contributed by atoms with Crippen LogP contribution < -0.4 is 11.1 Å². The van der Waals surface area contributed by atoms with Gasteiger partial charge in [0.1, 0.15) is 5.41 Å². The van der Waals surface area contributed by atoms with Crippen LogP contribution in [0.4, 0.5) is 0 Å². The van der Waals surface area contributed by atoms with E-state index in [1.165, 1.54) is 0 Å². The maximum Gasteiger partial charge on any atom is 0.235 e. The second-order valence-electron chi connectivity index (χ2n) is 4.84. The number of hydrogen-bond donors (Lipinski definition) is 3. The van der Waals surface area contributed by atoms with Crippen LogP contribution in [-0.4, -0.2) is 29.1 Å². The van der Waals surface area contributed by atoms with E-state index >= 15 is 0 Å². The number of amides is 2. The standard InChI is InChI=1S/C13H20N2O3/c1-3-5-12(18,6-4-2)9-15-11(17)13(7-8-13)10(14)16/h3-4,18H,1-2,5-9H2,(H2,14,16)(H,15,17).